The number of likely N-dealkylation sites (tertiary alicyclic amines) is 1. The van der Waals surface area contributed by atoms with Gasteiger partial charge in [-0.1, -0.05) is 24.3 Å². The Kier molecular flexibility index (Phi) is 8.51. The van der Waals surface area contributed by atoms with Crippen LogP contribution in [0, 0.1) is 5.92 Å². The number of rotatable bonds is 6. The maximum atomic E-state index is 11.8. The summed E-state index contributed by atoms with van der Waals surface area (Å²) in [4.78, 5) is 23.8. The molecule has 1 aromatic carbocycles. The number of carbonyl (C=O) groups excluding carboxylic acids is 1. The molecule has 7 nitrogen and oxygen atoms in total. The Morgan fingerprint density at radius 1 is 1.07 bits per heavy atom. The number of benzene rings is 1. The van der Waals surface area contributed by atoms with E-state index in [1.807, 2.05) is 0 Å². The Labute approximate surface area is 181 Å². The van der Waals surface area contributed by atoms with Gasteiger partial charge >= 0.3 is 5.97 Å². The number of hydrogen-bond acceptors (Lipinski definition) is 5. The van der Waals surface area contributed by atoms with E-state index in [4.69, 9.17) is 9.73 Å². The zero-order valence-corrected chi connectivity index (χ0v) is 18.8. The summed E-state index contributed by atoms with van der Waals surface area (Å²) >= 11 is 0. The molecule has 2 aliphatic rings. The third-order valence-electron chi connectivity index (χ3n) is 6.10. The van der Waals surface area contributed by atoms with E-state index in [0.29, 0.717) is 6.54 Å². The zero-order valence-electron chi connectivity index (χ0n) is 18.8. The highest BCUT2D eigenvalue weighted by atomic mass is 16.5. The molecule has 0 spiro atoms. The Morgan fingerprint density at radius 2 is 1.70 bits per heavy atom. The fourth-order valence-electron chi connectivity index (χ4n) is 4.10. The third-order valence-corrected chi connectivity index (χ3v) is 6.10. The van der Waals surface area contributed by atoms with Crippen molar-refractivity contribution in [1.29, 1.82) is 0 Å². The van der Waals surface area contributed by atoms with Crippen LogP contribution in [-0.4, -0.2) is 86.6 Å². The number of carbonyl (C=O) groups is 1. The first kappa shape index (κ1) is 22.6. The van der Waals surface area contributed by atoms with Crippen molar-refractivity contribution in [2.45, 2.75) is 32.9 Å². The summed E-state index contributed by atoms with van der Waals surface area (Å²) in [5.74, 6) is 0.859. The van der Waals surface area contributed by atoms with Crippen LogP contribution in [0.15, 0.2) is 29.3 Å². The van der Waals surface area contributed by atoms with Gasteiger partial charge in [0, 0.05) is 52.4 Å². The van der Waals surface area contributed by atoms with Crippen LogP contribution in [0.5, 0.6) is 0 Å². The van der Waals surface area contributed by atoms with Gasteiger partial charge in [-0.05, 0) is 37.9 Å². The van der Waals surface area contributed by atoms with Crippen LogP contribution in [0.25, 0.3) is 0 Å². The van der Waals surface area contributed by atoms with Gasteiger partial charge in [0.25, 0.3) is 0 Å². The molecule has 0 unspecified atom stereocenters. The van der Waals surface area contributed by atoms with Gasteiger partial charge in [0.1, 0.15) is 0 Å². The van der Waals surface area contributed by atoms with E-state index >= 15 is 0 Å². The minimum absolute atomic E-state index is 0.0157. The molecule has 7 heteroatoms. The monoisotopic (exact) mass is 415 g/mol. The largest absolute Gasteiger partial charge is 0.469 e. The smallest absolute Gasteiger partial charge is 0.308 e. The Hall–Kier alpha value is -2.12. The van der Waals surface area contributed by atoms with E-state index in [2.05, 4.69) is 58.3 Å². The van der Waals surface area contributed by atoms with Crippen LogP contribution in [0.3, 0.4) is 0 Å². The molecule has 0 aromatic heterocycles. The molecular weight excluding hydrogens is 378 g/mol. The summed E-state index contributed by atoms with van der Waals surface area (Å²) in [5.41, 5.74) is 2.58. The molecule has 2 aliphatic heterocycles. The minimum Gasteiger partial charge on any atom is -0.469 e. The fourth-order valence-corrected chi connectivity index (χ4v) is 4.10. The number of likely N-dealkylation sites (N-methyl/N-ethyl adjacent to an activating group) is 1. The first-order valence-corrected chi connectivity index (χ1v) is 11.2. The first-order valence-electron chi connectivity index (χ1n) is 11.2. The first-order chi connectivity index (χ1) is 14.6. The molecule has 2 heterocycles. The standard InChI is InChI=1S/C23H37N5O2/c1-4-24-23(28-11-9-21(10-12-28)22(29)30-3)25-17-19-5-7-20(8-6-19)18-27-15-13-26(2)14-16-27/h5-8,21H,4,9-18H2,1-3H3,(H,24,25). The highest BCUT2D eigenvalue weighted by molar-refractivity contribution is 5.80. The average Bonchev–Trinajstić information content (AvgIpc) is 2.79. The molecule has 166 valence electrons. The second kappa shape index (κ2) is 11.3. The second-order valence-electron chi connectivity index (χ2n) is 8.35. The van der Waals surface area contributed by atoms with Crippen LogP contribution in [-0.2, 0) is 22.6 Å². The molecule has 2 saturated heterocycles. The van der Waals surface area contributed by atoms with Gasteiger partial charge in [-0.3, -0.25) is 9.69 Å². The van der Waals surface area contributed by atoms with Crippen molar-refractivity contribution in [2.24, 2.45) is 10.9 Å². The number of piperidine rings is 1. The number of methoxy groups -OCH3 is 1. The Bertz CT molecular complexity index is 690. The maximum Gasteiger partial charge on any atom is 0.308 e. The molecule has 3 rings (SSSR count). The van der Waals surface area contributed by atoms with Crippen LogP contribution in [0.1, 0.15) is 30.9 Å². The van der Waals surface area contributed by atoms with Gasteiger partial charge in [-0.15, -0.1) is 0 Å². The number of piperazine rings is 1. The average molecular weight is 416 g/mol. The molecule has 0 amide bonds. The third kappa shape index (κ3) is 6.44. The summed E-state index contributed by atoms with van der Waals surface area (Å²) in [5, 5.41) is 3.40. The van der Waals surface area contributed by atoms with Gasteiger partial charge < -0.3 is 19.9 Å². The summed E-state index contributed by atoms with van der Waals surface area (Å²) in [6.07, 6.45) is 1.64. The molecule has 0 saturated carbocycles. The quantitative estimate of drug-likeness (QED) is 0.434. The van der Waals surface area contributed by atoms with E-state index < -0.39 is 0 Å². The molecule has 30 heavy (non-hydrogen) atoms. The molecule has 2 fully saturated rings. The van der Waals surface area contributed by atoms with Crippen molar-refractivity contribution >= 4 is 11.9 Å². The highest BCUT2D eigenvalue weighted by Crippen LogP contribution is 2.19. The van der Waals surface area contributed by atoms with Crippen molar-refractivity contribution in [1.82, 2.24) is 20.0 Å². The predicted molar refractivity (Wildman–Crippen MR) is 120 cm³/mol. The number of hydrogen-bond donors (Lipinski definition) is 1. The number of nitrogens with zero attached hydrogens (tertiary/aromatic N) is 4. The minimum atomic E-state index is -0.0896. The molecule has 1 aromatic rings. The van der Waals surface area contributed by atoms with E-state index in [1.165, 1.54) is 18.2 Å². The lowest BCUT2D eigenvalue weighted by atomic mass is 9.97. The van der Waals surface area contributed by atoms with Crippen LogP contribution < -0.4 is 5.32 Å². The van der Waals surface area contributed by atoms with Crippen molar-refractivity contribution in [3.8, 4) is 0 Å². The maximum absolute atomic E-state index is 11.8. The van der Waals surface area contributed by atoms with Crippen LogP contribution >= 0.6 is 0 Å². The topological polar surface area (TPSA) is 60.4 Å². The van der Waals surface area contributed by atoms with Crippen molar-refractivity contribution < 1.29 is 9.53 Å². The van der Waals surface area contributed by atoms with Gasteiger partial charge in [0.15, 0.2) is 5.96 Å². The van der Waals surface area contributed by atoms with Crippen molar-refractivity contribution in [3.05, 3.63) is 35.4 Å². The SMILES string of the molecule is CCNC(=NCc1ccc(CN2CCN(C)CC2)cc1)N1CCC(C(=O)OC)CC1. The lowest BCUT2D eigenvalue weighted by Crippen LogP contribution is -2.46. The molecule has 0 bridgehead atoms. The van der Waals surface area contributed by atoms with Crippen molar-refractivity contribution in [3.63, 3.8) is 0 Å². The summed E-state index contributed by atoms with van der Waals surface area (Å²) in [6, 6.07) is 8.86. The number of aliphatic imine (C=N–C) groups is 1. The Balaban J connectivity index is 1.52. The number of guanidine groups is 1. The summed E-state index contributed by atoms with van der Waals surface area (Å²) < 4.78 is 4.89. The molecule has 0 radical (unpaired) electrons. The number of esters is 1. The van der Waals surface area contributed by atoms with Gasteiger partial charge in [-0.2, -0.15) is 0 Å². The fraction of sp³-hybridized carbons (Fsp3) is 0.652. The highest BCUT2D eigenvalue weighted by Gasteiger charge is 2.26. The van der Waals surface area contributed by atoms with Gasteiger partial charge in [0.2, 0.25) is 0 Å². The van der Waals surface area contributed by atoms with Gasteiger partial charge in [0.05, 0.1) is 19.6 Å². The molecule has 0 aliphatic carbocycles. The summed E-state index contributed by atoms with van der Waals surface area (Å²) in [7, 11) is 3.66. The molecule has 1 N–H and O–H groups in total. The Morgan fingerprint density at radius 3 is 2.30 bits per heavy atom. The lowest BCUT2D eigenvalue weighted by Gasteiger charge is -2.33. The predicted octanol–water partition coefficient (Wildman–Crippen LogP) is 1.78. The van der Waals surface area contributed by atoms with E-state index in [9.17, 15) is 4.79 Å². The van der Waals surface area contributed by atoms with Gasteiger partial charge in [-0.25, -0.2) is 4.99 Å². The zero-order chi connectivity index (χ0) is 21.3. The van der Waals surface area contributed by atoms with E-state index in [0.717, 1.165) is 71.2 Å². The van der Waals surface area contributed by atoms with Crippen LogP contribution in [0.4, 0.5) is 0 Å². The normalized spacial score (nSPS) is 19.7. The second-order valence-corrected chi connectivity index (χ2v) is 8.35. The van der Waals surface area contributed by atoms with E-state index in [1.54, 1.807) is 0 Å². The molecular formula is C23H37N5O2. The number of ether oxygens (including phenoxy) is 1. The molecule has 0 atom stereocenters. The lowest BCUT2D eigenvalue weighted by molar-refractivity contribution is -0.146. The van der Waals surface area contributed by atoms with Crippen LogP contribution in [0.2, 0.25) is 0 Å². The summed E-state index contributed by atoms with van der Waals surface area (Å²) in [6.45, 7) is 10.8. The van der Waals surface area contributed by atoms with Crippen molar-refractivity contribution in [2.75, 3.05) is 60.0 Å². The van der Waals surface area contributed by atoms with E-state index in [-0.39, 0.29) is 11.9 Å². The number of nitrogens with one attached hydrogen (secondary N) is 1.